The van der Waals surface area contributed by atoms with Gasteiger partial charge in [-0.2, -0.15) is 9.72 Å². The van der Waals surface area contributed by atoms with E-state index >= 15 is 0 Å². The predicted octanol–water partition coefficient (Wildman–Crippen LogP) is 3.14. The molecule has 0 amide bonds. The highest BCUT2D eigenvalue weighted by Gasteiger charge is 2.16. The third-order valence-electron chi connectivity index (χ3n) is 4.25. The molecule has 0 aliphatic heterocycles. The maximum absolute atomic E-state index is 11.5. The number of aromatic nitrogens is 3. The summed E-state index contributed by atoms with van der Waals surface area (Å²) in [5.74, 6) is 5.70. The number of nitrogens with zero attached hydrogens (tertiary/aromatic N) is 4. The second-order valence-electron chi connectivity index (χ2n) is 6.50. The number of aryl methyl sites for hydroxylation is 1. The van der Waals surface area contributed by atoms with Crippen LogP contribution in [0.1, 0.15) is 28.3 Å². The first-order valence-corrected chi connectivity index (χ1v) is 9.52. The molecule has 0 saturated heterocycles. The summed E-state index contributed by atoms with van der Waals surface area (Å²) in [5, 5.41) is 4.22. The van der Waals surface area contributed by atoms with Gasteiger partial charge in [0.15, 0.2) is 18.1 Å². The van der Waals surface area contributed by atoms with Crippen LogP contribution in [0.15, 0.2) is 93.3 Å². The molecule has 0 fully saturated rings. The zero-order valence-electron chi connectivity index (χ0n) is 16.7. The molecule has 0 N–H and O–H groups in total. The Morgan fingerprint density at radius 2 is 1.71 bits per heavy atom. The highest BCUT2D eigenvalue weighted by atomic mass is 16.6. The molecule has 4 aromatic rings. The Labute approximate surface area is 178 Å². The number of rotatable bonds is 5. The van der Waals surface area contributed by atoms with E-state index in [1.165, 1.54) is 4.74 Å². The number of pyridine rings is 1. The normalized spacial score (nSPS) is 10.9. The lowest BCUT2D eigenvalue weighted by Crippen LogP contribution is -2.12. The highest BCUT2D eigenvalue weighted by Crippen LogP contribution is 2.10. The molecule has 2 heterocycles. The van der Waals surface area contributed by atoms with Gasteiger partial charge >= 0.3 is 5.76 Å². The van der Waals surface area contributed by atoms with Crippen LogP contribution in [-0.4, -0.2) is 20.4 Å². The van der Waals surface area contributed by atoms with E-state index < -0.39 is 5.76 Å². The fraction of sp³-hybridized carbons (Fsp3) is 0.0833. The van der Waals surface area contributed by atoms with Gasteiger partial charge in [0.25, 0.3) is 0 Å². The smallest absolute Gasteiger partial charge is 0.389 e. The van der Waals surface area contributed by atoms with E-state index in [1.54, 1.807) is 7.05 Å². The highest BCUT2D eigenvalue weighted by molar-refractivity contribution is 6.10. The van der Waals surface area contributed by atoms with Crippen LogP contribution in [0.2, 0.25) is 0 Å². The largest absolute Gasteiger partial charge is 0.460 e. The molecule has 4 rings (SSSR count). The quantitative estimate of drug-likeness (QED) is 0.287. The molecule has 2 aromatic heterocycles. The third kappa shape index (κ3) is 5.14. The van der Waals surface area contributed by atoms with Crippen LogP contribution in [0.3, 0.4) is 0 Å². The minimum atomic E-state index is -0.701. The lowest BCUT2D eigenvalue weighted by molar-refractivity contribution is 0.127. The monoisotopic (exact) mass is 410 g/mol. The van der Waals surface area contributed by atoms with E-state index in [2.05, 4.69) is 27.0 Å². The number of hydrogen-bond donors (Lipinski definition) is 0. The molecule has 2 aromatic carbocycles. The Kier molecular flexibility index (Phi) is 6.00. The van der Waals surface area contributed by atoms with Crippen molar-refractivity contribution in [2.24, 2.45) is 12.2 Å². The van der Waals surface area contributed by atoms with Crippen molar-refractivity contribution in [2.45, 2.75) is 6.61 Å². The summed E-state index contributed by atoms with van der Waals surface area (Å²) in [4.78, 5) is 25.4. The topological polar surface area (TPSA) is 82.5 Å². The fourth-order valence-corrected chi connectivity index (χ4v) is 2.81. The lowest BCUT2D eigenvalue weighted by atomic mass is 10.1. The average Bonchev–Trinajstić information content (AvgIpc) is 3.14. The van der Waals surface area contributed by atoms with Crippen LogP contribution in [0.25, 0.3) is 0 Å². The molecule has 7 heteroatoms. The number of oxime groups is 1. The summed E-state index contributed by atoms with van der Waals surface area (Å²) in [6.07, 6.45) is 0. The van der Waals surface area contributed by atoms with E-state index in [0.717, 1.165) is 11.1 Å². The fourth-order valence-electron chi connectivity index (χ4n) is 2.81. The molecule has 0 aliphatic rings. The molecule has 0 aliphatic carbocycles. The maximum atomic E-state index is 11.5. The van der Waals surface area contributed by atoms with Crippen LogP contribution in [0, 0.1) is 11.8 Å². The van der Waals surface area contributed by atoms with Crippen LogP contribution in [0.4, 0.5) is 0 Å². The minimum Gasteiger partial charge on any atom is -0.389 e. The van der Waals surface area contributed by atoms with Crippen LogP contribution in [-0.2, 0) is 18.5 Å². The van der Waals surface area contributed by atoms with Crippen LogP contribution < -0.4 is 5.76 Å². The summed E-state index contributed by atoms with van der Waals surface area (Å²) in [6.45, 7) is 0.128. The molecule has 0 radical (unpaired) electrons. The first kappa shape index (κ1) is 19.9. The Bertz CT molecular complexity index is 1310. The molecular formula is C24H18N4O3. The van der Waals surface area contributed by atoms with Gasteiger partial charge in [0.05, 0.1) is 5.69 Å². The van der Waals surface area contributed by atoms with Gasteiger partial charge in [-0.15, -0.1) is 0 Å². The molecule has 0 saturated carbocycles. The van der Waals surface area contributed by atoms with Crippen molar-refractivity contribution >= 4 is 5.71 Å². The molecule has 0 unspecified atom stereocenters. The molecule has 152 valence electrons. The van der Waals surface area contributed by atoms with Gasteiger partial charge in [0.2, 0.25) is 0 Å². The van der Waals surface area contributed by atoms with Gasteiger partial charge in [-0.05, 0) is 30.2 Å². The van der Waals surface area contributed by atoms with E-state index in [-0.39, 0.29) is 12.4 Å². The van der Waals surface area contributed by atoms with E-state index in [1.807, 2.05) is 78.9 Å². The maximum Gasteiger partial charge on any atom is 0.460 e. The van der Waals surface area contributed by atoms with Gasteiger partial charge in [0, 0.05) is 18.2 Å². The van der Waals surface area contributed by atoms with Gasteiger partial charge in [-0.25, -0.2) is 9.78 Å². The zero-order valence-corrected chi connectivity index (χ0v) is 16.7. The third-order valence-corrected chi connectivity index (χ3v) is 4.25. The van der Waals surface area contributed by atoms with Gasteiger partial charge < -0.3 is 9.36 Å². The van der Waals surface area contributed by atoms with Crippen molar-refractivity contribution in [3.05, 3.63) is 118 Å². The zero-order chi connectivity index (χ0) is 21.5. The summed E-state index contributed by atoms with van der Waals surface area (Å²) >= 11 is 0. The molecule has 0 atom stereocenters. The number of hydrogen-bond acceptors (Lipinski definition) is 6. The minimum absolute atomic E-state index is 0.128. The van der Waals surface area contributed by atoms with E-state index in [4.69, 9.17) is 9.36 Å². The van der Waals surface area contributed by atoms with Gasteiger partial charge in [-0.3, -0.25) is 0 Å². The Balaban J connectivity index is 1.54. The van der Waals surface area contributed by atoms with Gasteiger partial charge in [0.1, 0.15) is 5.69 Å². The predicted molar refractivity (Wildman–Crippen MR) is 115 cm³/mol. The van der Waals surface area contributed by atoms with Crippen molar-refractivity contribution in [3.8, 4) is 11.8 Å². The van der Waals surface area contributed by atoms with Crippen molar-refractivity contribution in [3.63, 3.8) is 0 Å². The summed E-state index contributed by atoms with van der Waals surface area (Å²) in [6, 6.07) is 24.5. The van der Waals surface area contributed by atoms with Crippen LogP contribution in [0.5, 0.6) is 0 Å². The first-order chi connectivity index (χ1) is 15.2. The molecule has 0 spiro atoms. The summed E-state index contributed by atoms with van der Waals surface area (Å²) in [5.41, 5.74) is 3.35. The van der Waals surface area contributed by atoms with E-state index in [0.29, 0.717) is 17.1 Å². The first-order valence-electron chi connectivity index (χ1n) is 9.52. The standard InChI is InChI=1S/C24H18N4O3/c1-28-23(26-24(29)31-28)22(19-11-6-3-7-12-19)27-30-17-21-14-8-13-20(25-21)16-15-18-9-4-2-5-10-18/h2-14H,17H2,1H3/b27-22-. The number of benzene rings is 2. The Morgan fingerprint density at radius 1 is 0.968 bits per heavy atom. The van der Waals surface area contributed by atoms with Crippen molar-refractivity contribution < 1.29 is 9.36 Å². The van der Waals surface area contributed by atoms with E-state index in [9.17, 15) is 4.79 Å². The lowest BCUT2D eigenvalue weighted by Gasteiger charge is -2.06. The summed E-state index contributed by atoms with van der Waals surface area (Å²) in [7, 11) is 1.58. The second-order valence-corrected chi connectivity index (χ2v) is 6.50. The molecular weight excluding hydrogens is 392 g/mol. The molecule has 7 nitrogen and oxygen atoms in total. The van der Waals surface area contributed by atoms with Gasteiger partial charge in [-0.1, -0.05) is 65.7 Å². The average molecular weight is 410 g/mol. The van der Waals surface area contributed by atoms with Crippen LogP contribution >= 0.6 is 0 Å². The van der Waals surface area contributed by atoms with Crippen molar-refractivity contribution in [1.82, 2.24) is 14.7 Å². The molecule has 0 bridgehead atoms. The van der Waals surface area contributed by atoms with Crippen molar-refractivity contribution in [1.29, 1.82) is 0 Å². The Hall–Kier alpha value is -4.44. The molecule has 31 heavy (non-hydrogen) atoms. The van der Waals surface area contributed by atoms with Crippen molar-refractivity contribution in [2.75, 3.05) is 0 Å². The summed E-state index contributed by atoms with van der Waals surface area (Å²) < 4.78 is 6.21. The second kappa shape index (κ2) is 9.37. The Morgan fingerprint density at radius 3 is 2.42 bits per heavy atom. The SMILES string of the molecule is Cn1oc(=O)nc1/C(=N\OCc1cccc(C#Cc2ccccc2)n1)c1ccccc1.